The molecule has 0 spiro atoms. The molecule has 1 saturated heterocycles. The van der Waals surface area contributed by atoms with E-state index in [0.29, 0.717) is 23.4 Å². The Labute approximate surface area is 86.6 Å². The van der Waals surface area contributed by atoms with Crippen LogP contribution in [0.4, 0.5) is 0 Å². The minimum atomic E-state index is 0.413. The van der Waals surface area contributed by atoms with Gasteiger partial charge in [-0.1, -0.05) is 27.7 Å². The first-order chi connectivity index (χ1) is 6.11. The fourth-order valence-corrected chi connectivity index (χ4v) is 3.15. The quantitative estimate of drug-likeness (QED) is 0.679. The van der Waals surface area contributed by atoms with Crippen LogP contribution in [0, 0.1) is 17.8 Å². The molecule has 78 valence electrons. The third-order valence-corrected chi connectivity index (χ3v) is 4.62. The van der Waals surface area contributed by atoms with E-state index in [-0.39, 0.29) is 0 Å². The lowest BCUT2D eigenvalue weighted by molar-refractivity contribution is -0.0943. The molecule has 0 aliphatic carbocycles. The van der Waals surface area contributed by atoms with Crippen LogP contribution in [0.5, 0.6) is 0 Å². The predicted octanol–water partition coefficient (Wildman–Crippen LogP) is 3.39. The molecule has 0 saturated carbocycles. The summed E-state index contributed by atoms with van der Waals surface area (Å²) < 4.78 is 6.04. The third-order valence-electron chi connectivity index (χ3n) is 3.62. The summed E-state index contributed by atoms with van der Waals surface area (Å²) >= 11 is 1.86. The first-order valence-electron chi connectivity index (χ1n) is 5.30. The first-order valence-corrected chi connectivity index (χ1v) is 6.58. The van der Waals surface area contributed by atoms with Crippen LogP contribution in [0.3, 0.4) is 0 Å². The Hall–Kier alpha value is 0.310. The van der Waals surface area contributed by atoms with E-state index in [4.69, 9.17) is 4.74 Å². The van der Waals surface area contributed by atoms with Gasteiger partial charge in [0.2, 0.25) is 0 Å². The van der Waals surface area contributed by atoms with Crippen molar-refractivity contribution in [3.05, 3.63) is 0 Å². The molecular formula is C11H22OS. The highest BCUT2D eigenvalue weighted by molar-refractivity contribution is 7.99. The van der Waals surface area contributed by atoms with E-state index in [1.54, 1.807) is 0 Å². The summed E-state index contributed by atoms with van der Waals surface area (Å²) in [5, 5.41) is 0. The number of ether oxygens (including phenoxy) is 1. The molecule has 0 amide bonds. The summed E-state index contributed by atoms with van der Waals surface area (Å²) in [6.07, 6.45) is 3.77. The van der Waals surface area contributed by atoms with Crippen LogP contribution in [-0.2, 0) is 4.74 Å². The van der Waals surface area contributed by atoms with Crippen LogP contribution < -0.4 is 0 Å². The Balaban J connectivity index is 2.66. The molecule has 1 nitrogen and oxygen atoms in total. The standard InChI is InChI=1S/C11H22OS/c1-6-10-8(3)7(2)9(4)11(12-10)13-5/h7-11H,6H2,1-5H3/t7-,8?,9+,10?,11?/m0/s1. The van der Waals surface area contributed by atoms with Gasteiger partial charge >= 0.3 is 0 Å². The van der Waals surface area contributed by atoms with Crippen molar-refractivity contribution < 1.29 is 4.74 Å². The van der Waals surface area contributed by atoms with Gasteiger partial charge in [0, 0.05) is 0 Å². The van der Waals surface area contributed by atoms with Crippen molar-refractivity contribution in [2.24, 2.45) is 17.8 Å². The second-order valence-electron chi connectivity index (χ2n) is 4.26. The second-order valence-corrected chi connectivity index (χ2v) is 5.20. The molecule has 0 N–H and O–H groups in total. The van der Waals surface area contributed by atoms with Crippen molar-refractivity contribution in [1.82, 2.24) is 0 Å². The molecule has 0 aromatic carbocycles. The van der Waals surface area contributed by atoms with Crippen LogP contribution in [-0.4, -0.2) is 17.8 Å². The van der Waals surface area contributed by atoms with Crippen LogP contribution in [0.25, 0.3) is 0 Å². The SMILES string of the molecule is CCC1OC(SC)[C@H](C)[C@@H](C)C1C. The molecule has 1 aliphatic heterocycles. The Bertz CT molecular complexity index is 140. The molecule has 1 heterocycles. The number of rotatable bonds is 2. The van der Waals surface area contributed by atoms with E-state index in [9.17, 15) is 0 Å². The van der Waals surface area contributed by atoms with Crippen molar-refractivity contribution in [3.8, 4) is 0 Å². The van der Waals surface area contributed by atoms with Crippen molar-refractivity contribution in [2.45, 2.75) is 45.7 Å². The number of hydrogen-bond acceptors (Lipinski definition) is 2. The molecule has 0 aromatic rings. The van der Waals surface area contributed by atoms with Gasteiger partial charge in [-0.15, -0.1) is 11.8 Å². The molecule has 3 unspecified atom stereocenters. The van der Waals surface area contributed by atoms with Gasteiger partial charge in [0.25, 0.3) is 0 Å². The van der Waals surface area contributed by atoms with Crippen molar-refractivity contribution in [3.63, 3.8) is 0 Å². The van der Waals surface area contributed by atoms with Gasteiger partial charge in [-0.05, 0) is 30.4 Å². The summed E-state index contributed by atoms with van der Waals surface area (Å²) in [5.41, 5.74) is 0.413. The predicted molar refractivity (Wildman–Crippen MR) is 60.0 cm³/mol. The Morgan fingerprint density at radius 1 is 1.08 bits per heavy atom. The van der Waals surface area contributed by atoms with Gasteiger partial charge < -0.3 is 4.74 Å². The lowest BCUT2D eigenvalue weighted by atomic mass is 9.79. The van der Waals surface area contributed by atoms with Gasteiger partial charge in [-0.3, -0.25) is 0 Å². The average Bonchev–Trinajstić information content (AvgIpc) is 2.15. The van der Waals surface area contributed by atoms with Gasteiger partial charge in [0.1, 0.15) is 5.44 Å². The van der Waals surface area contributed by atoms with E-state index in [2.05, 4.69) is 34.0 Å². The van der Waals surface area contributed by atoms with Crippen LogP contribution in [0.15, 0.2) is 0 Å². The van der Waals surface area contributed by atoms with Crippen LogP contribution in [0.2, 0.25) is 0 Å². The largest absolute Gasteiger partial charge is 0.364 e. The molecule has 0 bridgehead atoms. The molecule has 2 heteroatoms. The Kier molecular flexibility index (Phi) is 4.11. The van der Waals surface area contributed by atoms with E-state index < -0.39 is 0 Å². The monoisotopic (exact) mass is 202 g/mol. The maximum atomic E-state index is 6.04. The molecule has 0 aromatic heterocycles. The molecule has 5 atom stereocenters. The molecule has 13 heavy (non-hydrogen) atoms. The molecular weight excluding hydrogens is 180 g/mol. The van der Waals surface area contributed by atoms with Gasteiger partial charge in [-0.2, -0.15) is 0 Å². The zero-order valence-corrected chi connectivity index (χ0v) is 10.2. The summed E-state index contributed by atoms with van der Waals surface area (Å²) in [6, 6.07) is 0. The molecule has 1 fully saturated rings. The Morgan fingerprint density at radius 3 is 2.15 bits per heavy atom. The van der Waals surface area contributed by atoms with Gasteiger partial charge in [0.05, 0.1) is 6.10 Å². The third kappa shape index (κ3) is 2.21. The van der Waals surface area contributed by atoms with E-state index >= 15 is 0 Å². The summed E-state index contributed by atoms with van der Waals surface area (Å²) in [5.74, 6) is 2.19. The smallest absolute Gasteiger partial charge is 0.106 e. The van der Waals surface area contributed by atoms with Crippen LogP contribution >= 0.6 is 11.8 Å². The highest BCUT2D eigenvalue weighted by Crippen LogP contribution is 2.39. The van der Waals surface area contributed by atoms with Crippen molar-refractivity contribution in [1.29, 1.82) is 0 Å². The van der Waals surface area contributed by atoms with Crippen molar-refractivity contribution in [2.75, 3.05) is 6.26 Å². The fraction of sp³-hybridized carbons (Fsp3) is 1.00. The Morgan fingerprint density at radius 2 is 1.69 bits per heavy atom. The maximum Gasteiger partial charge on any atom is 0.106 e. The van der Waals surface area contributed by atoms with Gasteiger partial charge in [0.15, 0.2) is 0 Å². The normalized spacial score (nSPS) is 46.4. The molecule has 0 radical (unpaired) electrons. The molecule has 1 aliphatic rings. The average molecular weight is 202 g/mol. The lowest BCUT2D eigenvalue weighted by Gasteiger charge is -2.43. The van der Waals surface area contributed by atoms with Gasteiger partial charge in [-0.25, -0.2) is 0 Å². The first kappa shape index (κ1) is 11.4. The topological polar surface area (TPSA) is 9.23 Å². The summed E-state index contributed by atoms with van der Waals surface area (Å²) in [7, 11) is 0. The van der Waals surface area contributed by atoms with E-state index in [0.717, 1.165) is 12.3 Å². The lowest BCUT2D eigenvalue weighted by Crippen LogP contribution is -2.42. The highest BCUT2D eigenvalue weighted by Gasteiger charge is 2.37. The minimum absolute atomic E-state index is 0.413. The zero-order valence-electron chi connectivity index (χ0n) is 9.41. The number of thioether (sulfide) groups is 1. The maximum absolute atomic E-state index is 6.04. The minimum Gasteiger partial charge on any atom is -0.364 e. The number of hydrogen-bond donors (Lipinski definition) is 0. The van der Waals surface area contributed by atoms with E-state index in [1.165, 1.54) is 0 Å². The summed E-state index contributed by atoms with van der Waals surface area (Å²) in [4.78, 5) is 0. The molecule has 1 rings (SSSR count). The van der Waals surface area contributed by atoms with E-state index in [1.807, 2.05) is 11.8 Å². The van der Waals surface area contributed by atoms with Crippen molar-refractivity contribution >= 4 is 11.8 Å². The summed E-state index contributed by atoms with van der Waals surface area (Å²) in [6.45, 7) is 9.23. The zero-order chi connectivity index (χ0) is 10.0. The van der Waals surface area contributed by atoms with Crippen LogP contribution in [0.1, 0.15) is 34.1 Å². The second kappa shape index (κ2) is 4.70. The highest BCUT2D eigenvalue weighted by atomic mass is 32.2. The fourth-order valence-electron chi connectivity index (χ4n) is 2.22.